The lowest BCUT2D eigenvalue weighted by molar-refractivity contribution is -1.01. The third kappa shape index (κ3) is 3.78. The molecular weight excluding hydrogens is 468 g/mol. The standard InChI is InChI=1S/C18H22Br2N2O4/c1-4-25-18(23)15-13(10-22-7-5-21(2)6-8-22)26-12-9-11(19)17(24-3)16(20)14(12)15/h9H,4-8,10H2,1-3H3/p+2. The molecule has 8 heteroatoms. The summed E-state index contributed by atoms with van der Waals surface area (Å²) in [7, 11) is 3.81. The third-order valence-corrected chi connectivity index (χ3v) is 6.15. The van der Waals surface area contributed by atoms with E-state index in [1.807, 2.05) is 6.07 Å². The zero-order valence-electron chi connectivity index (χ0n) is 15.2. The number of hydrogen-bond donors (Lipinski definition) is 2. The van der Waals surface area contributed by atoms with E-state index in [1.54, 1.807) is 18.9 Å². The number of furan rings is 1. The Hall–Kier alpha value is -1.09. The largest absolute Gasteiger partial charge is 0.494 e. The molecule has 0 bridgehead atoms. The normalized spacial score (nSPS) is 20.3. The number of halogens is 2. The molecule has 0 aliphatic carbocycles. The highest BCUT2D eigenvalue weighted by Gasteiger charge is 2.30. The van der Waals surface area contributed by atoms with E-state index in [4.69, 9.17) is 13.9 Å². The van der Waals surface area contributed by atoms with E-state index >= 15 is 0 Å². The number of fused-ring (bicyclic) bond motifs is 1. The van der Waals surface area contributed by atoms with Gasteiger partial charge in [0.1, 0.15) is 49.6 Å². The highest BCUT2D eigenvalue weighted by Crippen LogP contribution is 2.43. The number of rotatable bonds is 5. The fourth-order valence-electron chi connectivity index (χ4n) is 3.38. The zero-order chi connectivity index (χ0) is 18.8. The molecule has 1 aromatic carbocycles. The SMILES string of the molecule is CCOC(=O)c1c(C[NH+]2CC[NH+](C)CC2)oc2cc(Br)c(OC)c(Br)c12. The first-order valence-corrected chi connectivity index (χ1v) is 10.3. The van der Waals surface area contributed by atoms with Crippen LogP contribution >= 0.6 is 31.9 Å². The highest BCUT2D eigenvalue weighted by molar-refractivity contribution is 9.11. The lowest BCUT2D eigenvalue weighted by Gasteiger charge is -2.26. The van der Waals surface area contributed by atoms with Gasteiger partial charge in [-0.3, -0.25) is 0 Å². The summed E-state index contributed by atoms with van der Waals surface area (Å²) in [5, 5.41) is 0.706. The number of carbonyl (C=O) groups is 1. The summed E-state index contributed by atoms with van der Waals surface area (Å²) in [5.41, 5.74) is 1.14. The molecule has 0 radical (unpaired) electrons. The average Bonchev–Trinajstić information content (AvgIpc) is 2.95. The first-order valence-electron chi connectivity index (χ1n) is 8.75. The van der Waals surface area contributed by atoms with Crippen LogP contribution in [0.4, 0.5) is 0 Å². The van der Waals surface area contributed by atoms with Gasteiger partial charge in [0, 0.05) is 0 Å². The van der Waals surface area contributed by atoms with E-state index in [0.717, 1.165) is 30.7 Å². The van der Waals surface area contributed by atoms with E-state index in [9.17, 15) is 4.79 Å². The van der Waals surface area contributed by atoms with Crippen LogP contribution < -0.4 is 14.5 Å². The topological polar surface area (TPSA) is 57.5 Å². The molecule has 6 nitrogen and oxygen atoms in total. The van der Waals surface area contributed by atoms with Crippen LogP contribution in [0.3, 0.4) is 0 Å². The van der Waals surface area contributed by atoms with Crippen molar-refractivity contribution in [2.24, 2.45) is 0 Å². The van der Waals surface area contributed by atoms with Crippen LogP contribution in [0.5, 0.6) is 5.75 Å². The Morgan fingerprint density at radius 1 is 1.27 bits per heavy atom. The molecule has 2 N–H and O–H groups in total. The summed E-state index contributed by atoms with van der Waals surface area (Å²) in [6.07, 6.45) is 0. The summed E-state index contributed by atoms with van der Waals surface area (Å²) in [4.78, 5) is 15.7. The van der Waals surface area contributed by atoms with Crippen molar-refractivity contribution in [1.29, 1.82) is 0 Å². The van der Waals surface area contributed by atoms with Gasteiger partial charge in [-0.2, -0.15) is 0 Å². The van der Waals surface area contributed by atoms with Crippen molar-refractivity contribution in [2.45, 2.75) is 13.5 Å². The minimum Gasteiger partial charge on any atom is -0.494 e. The van der Waals surface area contributed by atoms with Gasteiger partial charge in [-0.1, -0.05) is 0 Å². The van der Waals surface area contributed by atoms with Gasteiger partial charge in [0.15, 0.2) is 5.76 Å². The monoisotopic (exact) mass is 490 g/mol. The van der Waals surface area contributed by atoms with Crippen LogP contribution in [0.1, 0.15) is 23.0 Å². The summed E-state index contributed by atoms with van der Waals surface area (Å²) < 4.78 is 18.3. The number of benzene rings is 1. The van der Waals surface area contributed by atoms with Crippen LogP contribution in [0.25, 0.3) is 11.0 Å². The molecule has 0 spiro atoms. The fraction of sp³-hybridized carbons (Fsp3) is 0.500. The predicted octanol–water partition coefficient (Wildman–Crippen LogP) is 1.06. The smallest absolute Gasteiger partial charge is 0.342 e. The number of esters is 1. The fourth-order valence-corrected chi connectivity index (χ4v) is 4.98. The van der Waals surface area contributed by atoms with Gasteiger partial charge in [-0.15, -0.1) is 0 Å². The van der Waals surface area contributed by atoms with E-state index in [2.05, 4.69) is 38.9 Å². The Morgan fingerprint density at radius 2 is 1.96 bits per heavy atom. The van der Waals surface area contributed by atoms with Crippen molar-refractivity contribution in [3.63, 3.8) is 0 Å². The number of methoxy groups -OCH3 is 1. The molecule has 1 saturated heterocycles. The van der Waals surface area contributed by atoms with Gasteiger partial charge in [-0.05, 0) is 44.8 Å². The molecule has 26 heavy (non-hydrogen) atoms. The number of ether oxygens (including phenoxy) is 2. The lowest BCUT2D eigenvalue weighted by Crippen LogP contribution is -3.26. The lowest BCUT2D eigenvalue weighted by atomic mass is 10.1. The molecule has 0 saturated carbocycles. The number of hydrogen-bond acceptors (Lipinski definition) is 4. The molecule has 2 heterocycles. The predicted molar refractivity (Wildman–Crippen MR) is 105 cm³/mol. The number of piperazine rings is 1. The van der Waals surface area contributed by atoms with Gasteiger partial charge >= 0.3 is 5.97 Å². The Bertz CT molecular complexity index is 813. The summed E-state index contributed by atoms with van der Waals surface area (Å²) in [6.45, 7) is 7.14. The maximum atomic E-state index is 12.7. The van der Waals surface area contributed by atoms with Crippen molar-refractivity contribution in [3.8, 4) is 5.75 Å². The van der Waals surface area contributed by atoms with Crippen LogP contribution in [-0.4, -0.2) is 52.9 Å². The van der Waals surface area contributed by atoms with E-state index in [0.29, 0.717) is 45.7 Å². The number of carbonyl (C=O) groups excluding carboxylic acids is 1. The molecule has 0 atom stereocenters. The maximum Gasteiger partial charge on any atom is 0.342 e. The number of nitrogens with one attached hydrogen (secondary N) is 2. The van der Waals surface area contributed by atoms with Gasteiger partial charge in [0.2, 0.25) is 0 Å². The summed E-state index contributed by atoms with van der Waals surface area (Å²) in [6, 6.07) is 1.84. The van der Waals surface area contributed by atoms with Crippen molar-refractivity contribution in [3.05, 3.63) is 26.3 Å². The number of likely N-dealkylation sites (N-methyl/N-ethyl adjacent to an activating group) is 1. The van der Waals surface area contributed by atoms with Gasteiger partial charge in [-0.25, -0.2) is 4.79 Å². The second-order valence-electron chi connectivity index (χ2n) is 6.58. The van der Waals surface area contributed by atoms with E-state index in [-0.39, 0.29) is 5.97 Å². The Labute approximate surface area is 169 Å². The van der Waals surface area contributed by atoms with Crippen molar-refractivity contribution in [2.75, 3.05) is 46.9 Å². The molecule has 3 rings (SSSR count). The van der Waals surface area contributed by atoms with Crippen molar-refractivity contribution >= 4 is 48.8 Å². The van der Waals surface area contributed by atoms with Crippen molar-refractivity contribution in [1.82, 2.24) is 0 Å². The highest BCUT2D eigenvalue weighted by atomic mass is 79.9. The molecule has 1 aliphatic heterocycles. The molecule has 2 aromatic rings. The van der Waals surface area contributed by atoms with Crippen LogP contribution in [-0.2, 0) is 11.3 Å². The maximum absolute atomic E-state index is 12.7. The molecule has 1 fully saturated rings. The average molecular weight is 492 g/mol. The molecular formula is C18H24Br2N2O4+2. The molecule has 0 amide bonds. The van der Waals surface area contributed by atoms with Crippen LogP contribution in [0.2, 0.25) is 0 Å². The number of quaternary nitrogens is 2. The Balaban J connectivity index is 2.07. The molecule has 142 valence electrons. The summed E-state index contributed by atoms with van der Waals surface area (Å²) in [5.74, 6) is 0.949. The first-order chi connectivity index (χ1) is 12.5. The second-order valence-corrected chi connectivity index (χ2v) is 8.23. The summed E-state index contributed by atoms with van der Waals surface area (Å²) >= 11 is 7.07. The zero-order valence-corrected chi connectivity index (χ0v) is 18.4. The quantitative estimate of drug-likeness (QED) is 0.614. The van der Waals surface area contributed by atoms with Gasteiger partial charge in [0.25, 0.3) is 0 Å². The van der Waals surface area contributed by atoms with E-state index < -0.39 is 0 Å². The Morgan fingerprint density at radius 3 is 2.58 bits per heavy atom. The van der Waals surface area contributed by atoms with Gasteiger partial charge in [0.05, 0.1) is 35.1 Å². The molecule has 1 aliphatic rings. The van der Waals surface area contributed by atoms with E-state index in [1.165, 1.54) is 4.90 Å². The first kappa shape index (κ1) is 19.7. The molecule has 0 unspecified atom stereocenters. The minimum atomic E-state index is -0.356. The van der Waals surface area contributed by atoms with Crippen LogP contribution in [0.15, 0.2) is 19.4 Å². The van der Waals surface area contributed by atoms with Crippen LogP contribution in [0, 0.1) is 0 Å². The van der Waals surface area contributed by atoms with Crippen molar-refractivity contribution < 1.29 is 28.5 Å². The van der Waals surface area contributed by atoms with Gasteiger partial charge < -0.3 is 23.7 Å². The third-order valence-electron chi connectivity index (χ3n) is 4.81. The Kier molecular flexibility index (Phi) is 6.27. The minimum absolute atomic E-state index is 0.320. The second kappa shape index (κ2) is 8.29. The molecule has 1 aromatic heterocycles.